The van der Waals surface area contributed by atoms with Crippen molar-refractivity contribution in [2.75, 3.05) is 0 Å². The molecule has 0 N–H and O–H groups in total. The Morgan fingerprint density at radius 1 is 0.440 bits per heavy atom. The first-order valence-electron chi connectivity index (χ1n) is 16.4. The van der Waals surface area contributed by atoms with Crippen LogP contribution in [0.15, 0.2) is 138 Å². The fourth-order valence-corrected chi connectivity index (χ4v) is 9.12. The lowest BCUT2D eigenvalue weighted by molar-refractivity contribution is 0.669. The lowest BCUT2D eigenvalue weighted by atomic mass is 10.0. The van der Waals surface area contributed by atoms with E-state index in [1.54, 1.807) is 11.3 Å². The summed E-state index contributed by atoms with van der Waals surface area (Å²) in [6, 6.07) is 50.8. The fraction of sp³-hybridized carbons (Fsp3) is 0. The molecule has 0 spiro atoms. The number of furan rings is 1. The normalized spacial score (nSPS) is 12.0. The van der Waals surface area contributed by atoms with Gasteiger partial charge in [-0.15, -0.1) is 11.3 Å². The molecule has 0 saturated carbocycles. The zero-order valence-electron chi connectivity index (χ0n) is 26.3. The molecule has 7 aromatic carbocycles. The van der Waals surface area contributed by atoms with Crippen LogP contribution in [0.5, 0.6) is 0 Å². The van der Waals surface area contributed by atoms with Crippen LogP contribution in [0.1, 0.15) is 11.1 Å². The molecule has 0 aliphatic heterocycles. The van der Waals surface area contributed by atoms with Gasteiger partial charge in [-0.1, -0.05) is 36.4 Å². The molecule has 0 atom stereocenters. The second-order valence-corrected chi connectivity index (χ2v) is 13.9. The van der Waals surface area contributed by atoms with E-state index in [2.05, 4.69) is 118 Å². The van der Waals surface area contributed by atoms with Gasteiger partial charge in [0, 0.05) is 63.9 Å². The lowest BCUT2D eigenvalue weighted by Gasteiger charge is -2.09. The summed E-state index contributed by atoms with van der Waals surface area (Å²) in [6.07, 6.45) is 0. The third-order valence-electron chi connectivity index (χ3n) is 10.2. The molecule has 6 heteroatoms. The Balaban J connectivity index is 1.17. The molecule has 4 heterocycles. The van der Waals surface area contributed by atoms with E-state index in [1.807, 2.05) is 36.4 Å². The summed E-state index contributed by atoms with van der Waals surface area (Å²) in [5.41, 5.74) is 9.44. The van der Waals surface area contributed by atoms with Crippen LogP contribution >= 0.6 is 11.3 Å². The SMILES string of the molecule is N#Cc1ccc2sc3ccc4c(c5ccccc5n4-c4ccc5oc6ccc(-n7c8ccccc8c8cc(C#N)ccc87)cc6c5c4)c3c2c1. The topological polar surface area (TPSA) is 70.6 Å². The maximum Gasteiger partial charge on any atom is 0.135 e. The van der Waals surface area contributed by atoms with Crippen LogP contribution in [-0.4, -0.2) is 9.13 Å². The van der Waals surface area contributed by atoms with Crippen molar-refractivity contribution in [2.24, 2.45) is 0 Å². The predicted molar refractivity (Wildman–Crippen MR) is 205 cm³/mol. The van der Waals surface area contributed by atoms with Crippen LogP contribution in [0.25, 0.3) is 97.1 Å². The van der Waals surface area contributed by atoms with E-state index < -0.39 is 0 Å². The highest BCUT2D eigenvalue weighted by molar-refractivity contribution is 7.26. The van der Waals surface area contributed by atoms with Gasteiger partial charge in [-0.05, 0) is 97.1 Å². The first kappa shape index (κ1) is 27.1. The molecule has 0 unspecified atom stereocenters. The van der Waals surface area contributed by atoms with Crippen molar-refractivity contribution in [1.82, 2.24) is 9.13 Å². The Morgan fingerprint density at radius 3 is 1.72 bits per heavy atom. The second kappa shape index (κ2) is 9.84. The summed E-state index contributed by atoms with van der Waals surface area (Å²) in [6.45, 7) is 0. The first-order chi connectivity index (χ1) is 24.7. The number of aromatic nitrogens is 2. The van der Waals surface area contributed by atoms with Crippen molar-refractivity contribution in [2.45, 2.75) is 0 Å². The molecule has 0 aliphatic rings. The maximum atomic E-state index is 9.70. The summed E-state index contributed by atoms with van der Waals surface area (Å²) in [5.74, 6) is 0. The monoisotopic (exact) mass is 654 g/mol. The molecule has 0 saturated heterocycles. The zero-order chi connectivity index (χ0) is 33.1. The number of nitriles is 2. The minimum atomic E-state index is 0.647. The minimum Gasteiger partial charge on any atom is -0.456 e. The fourth-order valence-electron chi connectivity index (χ4n) is 8.03. The van der Waals surface area contributed by atoms with Crippen LogP contribution < -0.4 is 0 Å². The van der Waals surface area contributed by atoms with Gasteiger partial charge in [-0.25, -0.2) is 0 Å². The average Bonchev–Trinajstić information content (AvgIpc) is 3.91. The molecule has 11 rings (SSSR count). The highest BCUT2D eigenvalue weighted by Crippen LogP contribution is 2.44. The first-order valence-corrected chi connectivity index (χ1v) is 17.2. The van der Waals surface area contributed by atoms with E-state index in [0.29, 0.717) is 11.1 Å². The highest BCUT2D eigenvalue weighted by Gasteiger charge is 2.20. The van der Waals surface area contributed by atoms with Crippen LogP contribution in [0.3, 0.4) is 0 Å². The van der Waals surface area contributed by atoms with Crippen molar-refractivity contribution >= 4 is 97.1 Å². The van der Waals surface area contributed by atoms with Gasteiger partial charge >= 0.3 is 0 Å². The smallest absolute Gasteiger partial charge is 0.135 e. The van der Waals surface area contributed by atoms with E-state index in [9.17, 15) is 10.5 Å². The van der Waals surface area contributed by atoms with Gasteiger partial charge in [0.15, 0.2) is 0 Å². The largest absolute Gasteiger partial charge is 0.456 e. The average molecular weight is 655 g/mol. The lowest BCUT2D eigenvalue weighted by Crippen LogP contribution is -1.94. The van der Waals surface area contributed by atoms with Gasteiger partial charge in [0.25, 0.3) is 0 Å². The quantitative estimate of drug-likeness (QED) is 0.186. The molecule has 230 valence electrons. The molecule has 0 fully saturated rings. The minimum absolute atomic E-state index is 0.647. The molecule has 50 heavy (non-hydrogen) atoms. The van der Waals surface area contributed by atoms with Gasteiger partial charge in [0.1, 0.15) is 11.2 Å². The van der Waals surface area contributed by atoms with Crippen LogP contribution in [0.4, 0.5) is 0 Å². The van der Waals surface area contributed by atoms with E-state index in [1.165, 1.54) is 25.6 Å². The highest BCUT2D eigenvalue weighted by atomic mass is 32.1. The molecular formula is C44H22N4OS. The summed E-state index contributed by atoms with van der Waals surface area (Å²) in [5, 5.41) is 28.3. The molecular weight excluding hydrogens is 633 g/mol. The third-order valence-corrected chi connectivity index (χ3v) is 11.3. The number of fused-ring (bicyclic) bond motifs is 13. The number of rotatable bonds is 2. The Bertz CT molecular complexity index is 3360. The van der Waals surface area contributed by atoms with E-state index in [4.69, 9.17) is 4.42 Å². The third kappa shape index (κ3) is 3.58. The van der Waals surface area contributed by atoms with E-state index >= 15 is 0 Å². The van der Waals surface area contributed by atoms with Crippen molar-refractivity contribution in [3.05, 3.63) is 145 Å². The number of nitrogens with zero attached hydrogens (tertiary/aromatic N) is 4. The van der Waals surface area contributed by atoms with Crippen LogP contribution in [0.2, 0.25) is 0 Å². The standard InChI is InChI=1S/C44H22N4OS/c45-23-25-9-13-37-31(19-25)29-5-1-3-7-35(29)47(37)27-11-15-39-32(21-27)33-22-28(12-16-40(33)49-39)48-36-8-4-2-6-30(36)43-38(48)14-18-42-44(43)34-20-26(24-46)10-17-41(34)50-42/h1-22H. The van der Waals surface area contributed by atoms with Gasteiger partial charge in [-0.3, -0.25) is 0 Å². The molecule has 0 amide bonds. The zero-order valence-corrected chi connectivity index (χ0v) is 27.1. The van der Waals surface area contributed by atoms with E-state index in [-0.39, 0.29) is 0 Å². The number of hydrogen-bond acceptors (Lipinski definition) is 4. The summed E-state index contributed by atoms with van der Waals surface area (Å²) in [7, 11) is 0. The maximum absolute atomic E-state index is 9.70. The molecule has 0 radical (unpaired) electrons. The Labute approximate surface area is 288 Å². The summed E-state index contributed by atoms with van der Waals surface area (Å²) in [4.78, 5) is 0. The molecule has 0 aliphatic carbocycles. The number of para-hydroxylation sites is 2. The van der Waals surface area contributed by atoms with Crippen molar-refractivity contribution in [3.63, 3.8) is 0 Å². The number of thiophene rings is 1. The predicted octanol–water partition coefficient (Wildman–Crippen LogP) is 11.9. The van der Waals surface area contributed by atoms with Gasteiger partial charge in [0.05, 0.1) is 45.3 Å². The number of hydrogen-bond donors (Lipinski definition) is 0. The Hall–Kier alpha value is -6.86. The van der Waals surface area contributed by atoms with Crippen molar-refractivity contribution in [3.8, 4) is 23.5 Å². The summed E-state index contributed by atoms with van der Waals surface area (Å²) < 4.78 is 13.4. The molecule has 5 nitrogen and oxygen atoms in total. The van der Waals surface area contributed by atoms with Gasteiger partial charge in [0.2, 0.25) is 0 Å². The number of benzene rings is 7. The van der Waals surface area contributed by atoms with Crippen molar-refractivity contribution < 1.29 is 4.42 Å². The van der Waals surface area contributed by atoms with Gasteiger partial charge in [-0.2, -0.15) is 10.5 Å². The molecule has 11 aromatic rings. The van der Waals surface area contributed by atoms with Crippen molar-refractivity contribution in [1.29, 1.82) is 10.5 Å². The van der Waals surface area contributed by atoms with Crippen LogP contribution in [0, 0.1) is 22.7 Å². The Kier molecular flexibility index (Phi) is 5.34. The van der Waals surface area contributed by atoms with Gasteiger partial charge < -0.3 is 13.6 Å². The Morgan fingerprint density at radius 2 is 1.00 bits per heavy atom. The van der Waals surface area contributed by atoms with Crippen LogP contribution in [-0.2, 0) is 0 Å². The molecule has 0 bridgehead atoms. The second-order valence-electron chi connectivity index (χ2n) is 12.8. The molecule has 4 aromatic heterocycles. The van der Waals surface area contributed by atoms with E-state index in [0.717, 1.165) is 71.5 Å². The summed E-state index contributed by atoms with van der Waals surface area (Å²) >= 11 is 1.77.